The molecule has 134 valence electrons. The summed E-state index contributed by atoms with van der Waals surface area (Å²) in [5.74, 6) is 1.57. The fourth-order valence-electron chi connectivity index (χ4n) is 3.16. The van der Waals surface area contributed by atoms with Gasteiger partial charge in [-0.25, -0.2) is 4.98 Å². The number of ether oxygens (including phenoxy) is 2. The number of hydrogen-bond acceptors (Lipinski definition) is 8. The minimum absolute atomic E-state index is 0.0798. The van der Waals surface area contributed by atoms with E-state index in [-0.39, 0.29) is 24.9 Å². The summed E-state index contributed by atoms with van der Waals surface area (Å²) in [4.78, 5) is 10.7. The Morgan fingerprint density at radius 3 is 2.92 bits per heavy atom. The van der Waals surface area contributed by atoms with Crippen molar-refractivity contribution < 1.29 is 14.6 Å². The Morgan fingerprint density at radius 1 is 1.36 bits per heavy atom. The van der Waals surface area contributed by atoms with Crippen LogP contribution in [-0.4, -0.2) is 69.9 Å². The Balaban J connectivity index is 1.55. The van der Waals surface area contributed by atoms with Gasteiger partial charge >= 0.3 is 0 Å². The monoisotopic (exact) mass is 366 g/mol. The zero-order valence-corrected chi connectivity index (χ0v) is 14.6. The quantitative estimate of drug-likeness (QED) is 0.731. The van der Waals surface area contributed by atoms with Gasteiger partial charge in [0.2, 0.25) is 5.95 Å². The highest BCUT2D eigenvalue weighted by atomic mass is 35.5. The van der Waals surface area contributed by atoms with Crippen LogP contribution in [0.3, 0.4) is 0 Å². The van der Waals surface area contributed by atoms with Crippen LogP contribution < -0.4 is 10.2 Å². The van der Waals surface area contributed by atoms with E-state index in [1.807, 2.05) is 24.9 Å². The van der Waals surface area contributed by atoms with Crippen molar-refractivity contribution in [2.75, 3.05) is 30.5 Å². The molecule has 4 heterocycles. The van der Waals surface area contributed by atoms with Gasteiger partial charge in [-0.1, -0.05) is 11.6 Å². The summed E-state index contributed by atoms with van der Waals surface area (Å²) in [6.07, 6.45) is 0.448. The lowest BCUT2D eigenvalue weighted by atomic mass is 10.1. The zero-order chi connectivity index (χ0) is 17.6. The smallest absolute Gasteiger partial charge is 0.227 e. The van der Waals surface area contributed by atoms with Crippen LogP contribution in [0.2, 0.25) is 5.02 Å². The van der Waals surface area contributed by atoms with Crippen molar-refractivity contribution in [1.29, 1.82) is 0 Å². The molecule has 4 unspecified atom stereocenters. The topological polar surface area (TPSA) is 108 Å². The second-order valence-electron chi connectivity index (χ2n) is 6.27. The van der Waals surface area contributed by atoms with Gasteiger partial charge in [0.1, 0.15) is 23.3 Å². The number of H-pyrrole nitrogens is 1. The summed E-state index contributed by atoms with van der Waals surface area (Å²) in [6, 6.07) is 1.77. The lowest BCUT2D eigenvalue weighted by molar-refractivity contribution is 0.0182. The molecule has 2 fully saturated rings. The molecule has 0 aromatic carbocycles. The normalized spacial score (nSPS) is 28.2. The molecule has 0 radical (unpaired) electrons. The van der Waals surface area contributed by atoms with Crippen molar-refractivity contribution in [1.82, 2.24) is 20.2 Å². The number of aliphatic hydroxyl groups is 1. The number of anilines is 3. The van der Waals surface area contributed by atoms with Gasteiger partial charge in [-0.15, -0.1) is 0 Å². The van der Waals surface area contributed by atoms with Crippen LogP contribution in [0.5, 0.6) is 0 Å². The Kier molecular flexibility index (Phi) is 4.24. The minimum atomic E-state index is -0.588. The maximum atomic E-state index is 9.88. The van der Waals surface area contributed by atoms with E-state index in [0.29, 0.717) is 29.2 Å². The van der Waals surface area contributed by atoms with E-state index in [2.05, 4.69) is 25.5 Å². The molecule has 10 heteroatoms. The van der Waals surface area contributed by atoms with E-state index < -0.39 is 6.10 Å². The number of nitrogens with one attached hydrogen (secondary N) is 2. The highest BCUT2D eigenvalue weighted by Crippen LogP contribution is 2.32. The Morgan fingerprint density at radius 2 is 2.16 bits per heavy atom. The average Bonchev–Trinajstić information content (AvgIpc) is 3.28. The number of fused-ring (bicyclic) bond motifs is 1. The predicted molar refractivity (Wildman–Crippen MR) is 91.3 cm³/mol. The van der Waals surface area contributed by atoms with Gasteiger partial charge in [-0.3, -0.25) is 5.10 Å². The van der Waals surface area contributed by atoms with Gasteiger partial charge in [0.25, 0.3) is 0 Å². The van der Waals surface area contributed by atoms with Crippen molar-refractivity contribution in [3.63, 3.8) is 0 Å². The summed E-state index contributed by atoms with van der Waals surface area (Å²) in [5, 5.41) is 20.3. The van der Waals surface area contributed by atoms with E-state index in [4.69, 9.17) is 21.1 Å². The Hall–Kier alpha value is -1.94. The number of aryl methyl sites for hydroxylation is 1. The van der Waals surface area contributed by atoms with E-state index >= 15 is 0 Å². The molecule has 2 aliphatic heterocycles. The van der Waals surface area contributed by atoms with E-state index in [9.17, 15) is 5.11 Å². The van der Waals surface area contributed by atoms with Gasteiger partial charge in [0, 0.05) is 18.8 Å². The van der Waals surface area contributed by atoms with Gasteiger partial charge in [-0.05, 0) is 6.92 Å². The summed E-state index contributed by atoms with van der Waals surface area (Å²) < 4.78 is 11.3. The number of halogens is 1. The zero-order valence-electron chi connectivity index (χ0n) is 13.8. The molecule has 0 bridgehead atoms. The lowest BCUT2D eigenvalue weighted by Gasteiger charge is -2.27. The van der Waals surface area contributed by atoms with Gasteiger partial charge in [-0.2, -0.15) is 10.1 Å². The third-order valence-electron chi connectivity index (χ3n) is 4.50. The van der Waals surface area contributed by atoms with E-state index in [1.54, 1.807) is 6.20 Å². The lowest BCUT2D eigenvalue weighted by Crippen LogP contribution is -2.43. The molecule has 3 N–H and O–H groups in total. The van der Waals surface area contributed by atoms with Crippen molar-refractivity contribution in [3.8, 4) is 0 Å². The minimum Gasteiger partial charge on any atom is -0.388 e. The maximum Gasteiger partial charge on any atom is 0.227 e. The summed E-state index contributed by atoms with van der Waals surface area (Å²) >= 11 is 6.20. The molecule has 4 atom stereocenters. The third-order valence-corrected chi connectivity index (χ3v) is 4.77. The Labute approximate surface area is 149 Å². The second kappa shape index (κ2) is 6.41. The second-order valence-corrected chi connectivity index (χ2v) is 6.68. The van der Waals surface area contributed by atoms with Crippen molar-refractivity contribution >= 4 is 29.2 Å². The first-order valence-corrected chi connectivity index (χ1v) is 8.36. The molecule has 0 amide bonds. The number of nitrogens with zero attached hydrogens (tertiary/aromatic N) is 4. The van der Waals surface area contributed by atoms with Crippen LogP contribution in [0, 0.1) is 6.92 Å². The molecule has 2 aromatic rings. The number of hydrogen-bond donors (Lipinski definition) is 3. The van der Waals surface area contributed by atoms with Crippen LogP contribution >= 0.6 is 11.6 Å². The highest BCUT2D eigenvalue weighted by molar-refractivity contribution is 6.32. The maximum absolute atomic E-state index is 9.88. The van der Waals surface area contributed by atoms with E-state index in [0.717, 1.165) is 5.69 Å². The SMILES string of the molecule is Cc1cc(Nc2nc(N(C)C3COC4C(O)COC43)ncc2Cl)n[nH]1. The molecule has 4 rings (SSSR count). The summed E-state index contributed by atoms with van der Waals surface area (Å²) in [6.45, 7) is 2.63. The van der Waals surface area contributed by atoms with Gasteiger partial charge in [0.05, 0.1) is 25.5 Å². The number of aromatic amines is 1. The fourth-order valence-corrected chi connectivity index (χ4v) is 3.30. The molecule has 2 aromatic heterocycles. The number of likely N-dealkylation sites (N-methyl/N-ethyl adjacent to an activating group) is 1. The van der Waals surface area contributed by atoms with E-state index in [1.165, 1.54) is 0 Å². The molecule has 0 saturated carbocycles. The third kappa shape index (κ3) is 3.04. The van der Waals surface area contributed by atoms with Crippen molar-refractivity contribution in [2.24, 2.45) is 0 Å². The fraction of sp³-hybridized carbons (Fsp3) is 0.533. The average molecular weight is 367 g/mol. The molecule has 2 saturated heterocycles. The van der Waals surface area contributed by atoms with Crippen molar-refractivity contribution in [3.05, 3.63) is 23.0 Å². The first kappa shape index (κ1) is 16.5. The number of aromatic nitrogens is 4. The molecule has 0 aliphatic carbocycles. The predicted octanol–water partition coefficient (Wildman–Crippen LogP) is 0.868. The molecule has 2 aliphatic rings. The Bertz CT molecular complexity index is 771. The van der Waals surface area contributed by atoms with Crippen LogP contribution in [0.1, 0.15) is 5.69 Å². The molecular weight excluding hydrogens is 348 g/mol. The largest absolute Gasteiger partial charge is 0.388 e. The molecular formula is C15H19ClN6O3. The highest BCUT2D eigenvalue weighted by Gasteiger charge is 2.49. The summed E-state index contributed by atoms with van der Waals surface area (Å²) in [7, 11) is 1.87. The standard InChI is InChI=1S/C15H19ClN6O3/c1-7-3-11(21-20-7)18-14-8(16)4-17-15(19-14)22(2)9-5-24-13-10(23)6-25-12(9)13/h3-4,9-10,12-13,23H,5-6H2,1-2H3,(H2,17,18,19,20,21). The first-order chi connectivity index (χ1) is 12.0. The van der Waals surface area contributed by atoms with Crippen LogP contribution in [0.15, 0.2) is 12.3 Å². The van der Waals surface area contributed by atoms with Crippen LogP contribution in [0.4, 0.5) is 17.6 Å². The summed E-state index contributed by atoms with van der Waals surface area (Å²) in [5.41, 5.74) is 0.927. The van der Waals surface area contributed by atoms with Gasteiger partial charge < -0.3 is 24.8 Å². The number of rotatable bonds is 4. The van der Waals surface area contributed by atoms with Gasteiger partial charge in [0.15, 0.2) is 11.6 Å². The first-order valence-electron chi connectivity index (χ1n) is 7.98. The van der Waals surface area contributed by atoms with Crippen LogP contribution in [0.25, 0.3) is 0 Å². The van der Waals surface area contributed by atoms with Crippen LogP contribution in [-0.2, 0) is 9.47 Å². The number of aliphatic hydroxyl groups excluding tert-OH is 1. The molecule has 0 spiro atoms. The molecule has 9 nitrogen and oxygen atoms in total. The molecule has 25 heavy (non-hydrogen) atoms. The van der Waals surface area contributed by atoms with Crippen molar-refractivity contribution in [2.45, 2.75) is 31.3 Å².